The van der Waals surface area contributed by atoms with Gasteiger partial charge in [-0.1, -0.05) is 18.3 Å². The smallest absolute Gasteiger partial charge is 0.107 e. The molecular weight excluding hydrogens is 296 g/mol. The zero-order valence-electron chi connectivity index (χ0n) is 10.1. The highest BCUT2D eigenvalue weighted by Gasteiger charge is 2.31. The monoisotopic (exact) mass is 312 g/mol. The van der Waals surface area contributed by atoms with Crippen LogP contribution in [-0.4, -0.2) is 18.1 Å². The zero-order chi connectivity index (χ0) is 12.6. The van der Waals surface area contributed by atoms with E-state index in [0.717, 1.165) is 21.6 Å². The van der Waals surface area contributed by atoms with E-state index in [2.05, 4.69) is 40.9 Å². The Kier molecular flexibility index (Phi) is 3.73. The minimum absolute atomic E-state index is 0.447. The Morgan fingerprint density at radius 1 is 1.53 bits per heavy atom. The molecule has 0 heterocycles. The van der Waals surface area contributed by atoms with E-state index in [1.54, 1.807) is 0 Å². The van der Waals surface area contributed by atoms with Crippen molar-refractivity contribution in [1.29, 1.82) is 0 Å². The van der Waals surface area contributed by atoms with Crippen molar-refractivity contribution in [2.75, 3.05) is 11.9 Å². The highest BCUT2D eigenvalue weighted by atomic mass is 79.9. The summed E-state index contributed by atoms with van der Waals surface area (Å²) in [7, 11) is 2.12. The quantitative estimate of drug-likeness (QED) is 0.865. The minimum Gasteiger partial charge on any atom is -0.389 e. The SMILES string of the molecule is CC(C1CC1)N(C)c1cccc(Br)c1C(N)=S. The second-order valence-electron chi connectivity index (χ2n) is 4.69. The van der Waals surface area contributed by atoms with Gasteiger partial charge in [0.2, 0.25) is 0 Å². The van der Waals surface area contributed by atoms with E-state index in [4.69, 9.17) is 18.0 Å². The summed E-state index contributed by atoms with van der Waals surface area (Å²) in [6, 6.07) is 6.63. The molecule has 1 aliphatic rings. The molecular formula is C13H17BrN2S. The third-order valence-electron chi connectivity index (χ3n) is 3.53. The number of hydrogen-bond acceptors (Lipinski definition) is 2. The van der Waals surface area contributed by atoms with E-state index in [-0.39, 0.29) is 0 Å². The Bertz CT molecular complexity index is 443. The van der Waals surface area contributed by atoms with E-state index in [9.17, 15) is 0 Å². The molecule has 1 aliphatic carbocycles. The van der Waals surface area contributed by atoms with Crippen molar-refractivity contribution in [2.24, 2.45) is 11.7 Å². The van der Waals surface area contributed by atoms with Crippen LogP contribution in [0.3, 0.4) is 0 Å². The molecule has 0 aliphatic heterocycles. The van der Waals surface area contributed by atoms with Crippen LogP contribution in [0.1, 0.15) is 25.3 Å². The van der Waals surface area contributed by atoms with Gasteiger partial charge in [-0.3, -0.25) is 0 Å². The van der Waals surface area contributed by atoms with E-state index in [1.165, 1.54) is 12.8 Å². The summed E-state index contributed by atoms with van der Waals surface area (Å²) < 4.78 is 0.970. The number of thiocarbonyl (C=S) groups is 1. The first-order valence-corrected chi connectivity index (χ1v) is 7.03. The lowest BCUT2D eigenvalue weighted by atomic mass is 10.1. The number of halogens is 1. The van der Waals surface area contributed by atoms with Gasteiger partial charge in [-0.05, 0) is 53.7 Å². The van der Waals surface area contributed by atoms with Crippen LogP contribution in [0.15, 0.2) is 22.7 Å². The average molecular weight is 313 g/mol. The molecule has 17 heavy (non-hydrogen) atoms. The normalized spacial score (nSPS) is 16.6. The third kappa shape index (κ3) is 2.63. The summed E-state index contributed by atoms with van der Waals surface area (Å²) in [5, 5.41) is 0. The number of rotatable bonds is 4. The zero-order valence-corrected chi connectivity index (χ0v) is 12.5. The van der Waals surface area contributed by atoms with Crippen molar-refractivity contribution < 1.29 is 0 Å². The van der Waals surface area contributed by atoms with Gasteiger partial charge in [-0.25, -0.2) is 0 Å². The Morgan fingerprint density at radius 2 is 2.18 bits per heavy atom. The average Bonchev–Trinajstić information content (AvgIpc) is 3.10. The predicted molar refractivity (Wildman–Crippen MR) is 80.6 cm³/mol. The van der Waals surface area contributed by atoms with Crippen LogP contribution >= 0.6 is 28.1 Å². The summed E-state index contributed by atoms with van der Waals surface area (Å²) in [6.07, 6.45) is 2.67. The van der Waals surface area contributed by atoms with Crippen molar-refractivity contribution in [3.63, 3.8) is 0 Å². The van der Waals surface area contributed by atoms with E-state index < -0.39 is 0 Å². The number of anilines is 1. The minimum atomic E-state index is 0.447. The van der Waals surface area contributed by atoms with Gasteiger partial charge < -0.3 is 10.6 Å². The Balaban J connectivity index is 2.36. The Hall–Kier alpha value is -0.610. The van der Waals surface area contributed by atoms with Gasteiger partial charge in [0.15, 0.2) is 0 Å². The van der Waals surface area contributed by atoms with Crippen molar-refractivity contribution in [2.45, 2.75) is 25.8 Å². The van der Waals surface area contributed by atoms with Crippen LogP contribution in [0.2, 0.25) is 0 Å². The Labute approximate surface area is 116 Å². The maximum Gasteiger partial charge on any atom is 0.107 e. The number of nitrogens with zero attached hydrogens (tertiary/aromatic N) is 1. The highest BCUT2D eigenvalue weighted by molar-refractivity contribution is 9.10. The van der Waals surface area contributed by atoms with Gasteiger partial charge in [0.25, 0.3) is 0 Å². The lowest BCUT2D eigenvalue weighted by molar-refractivity contribution is 0.609. The van der Waals surface area contributed by atoms with Gasteiger partial charge in [-0.2, -0.15) is 0 Å². The van der Waals surface area contributed by atoms with Crippen LogP contribution in [0.5, 0.6) is 0 Å². The molecule has 2 rings (SSSR count). The summed E-state index contributed by atoms with van der Waals surface area (Å²) >= 11 is 8.67. The Morgan fingerprint density at radius 3 is 2.71 bits per heavy atom. The molecule has 0 saturated heterocycles. The molecule has 92 valence electrons. The highest BCUT2D eigenvalue weighted by Crippen LogP contribution is 2.38. The van der Waals surface area contributed by atoms with Crippen molar-refractivity contribution >= 4 is 38.8 Å². The predicted octanol–water partition coefficient (Wildman–Crippen LogP) is 3.32. The summed E-state index contributed by atoms with van der Waals surface area (Å²) in [5.41, 5.74) is 7.88. The second kappa shape index (κ2) is 4.94. The number of benzene rings is 1. The molecule has 1 aromatic carbocycles. The fourth-order valence-corrected chi connectivity index (χ4v) is 3.08. The largest absolute Gasteiger partial charge is 0.389 e. The van der Waals surface area contributed by atoms with Crippen LogP contribution in [0.25, 0.3) is 0 Å². The van der Waals surface area contributed by atoms with Crippen LogP contribution < -0.4 is 10.6 Å². The lowest BCUT2D eigenvalue weighted by Gasteiger charge is -2.29. The fourth-order valence-electron chi connectivity index (χ4n) is 2.16. The van der Waals surface area contributed by atoms with Gasteiger partial charge in [0.1, 0.15) is 4.99 Å². The summed E-state index contributed by atoms with van der Waals surface area (Å²) in [4.78, 5) is 2.74. The molecule has 2 nitrogen and oxygen atoms in total. The van der Waals surface area contributed by atoms with E-state index >= 15 is 0 Å². The van der Waals surface area contributed by atoms with E-state index in [0.29, 0.717) is 11.0 Å². The lowest BCUT2D eigenvalue weighted by Crippen LogP contribution is -2.32. The van der Waals surface area contributed by atoms with Gasteiger partial charge in [0, 0.05) is 28.8 Å². The molecule has 1 unspecified atom stereocenters. The van der Waals surface area contributed by atoms with Crippen molar-refractivity contribution in [3.8, 4) is 0 Å². The number of hydrogen-bond donors (Lipinski definition) is 1. The van der Waals surface area contributed by atoms with Crippen molar-refractivity contribution in [1.82, 2.24) is 0 Å². The topological polar surface area (TPSA) is 29.3 Å². The summed E-state index contributed by atoms with van der Waals surface area (Å²) in [6.45, 7) is 2.27. The molecule has 1 saturated carbocycles. The maximum absolute atomic E-state index is 5.82. The molecule has 1 aromatic rings. The molecule has 1 fully saturated rings. The first-order chi connectivity index (χ1) is 8.02. The van der Waals surface area contributed by atoms with Gasteiger partial charge >= 0.3 is 0 Å². The van der Waals surface area contributed by atoms with E-state index in [1.807, 2.05) is 12.1 Å². The molecule has 1 atom stereocenters. The molecule has 0 spiro atoms. The van der Waals surface area contributed by atoms with Crippen LogP contribution in [-0.2, 0) is 0 Å². The molecule has 2 N–H and O–H groups in total. The molecule has 0 aromatic heterocycles. The van der Waals surface area contributed by atoms with Gasteiger partial charge in [0.05, 0.1) is 0 Å². The summed E-state index contributed by atoms with van der Waals surface area (Å²) in [5.74, 6) is 0.818. The van der Waals surface area contributed by atoms with Gasteiger partial charge in [-0.15, -0.1) is 0 Å². The molecule has 4 heteroatoms. The van der Waals surface area contributed by atoms with Crippen molar-refractivity contribution in [3.05, 3.63) is 28.2 Å². The molecule has 0 bridgehead atoms. The molecule has 0 amide bonds. The maximum atomic E-state index is 5.82. The number of nitrogens with two attached hydrogens (primary N) is 1. The second-order valence-corrected chi connectivity index (χ2v) is 5.98. The standard InChI is InChI=1S/C13H17BrN2S/c1-8(9-6-7-9)16(2)11-5-3-4-10(14)12(11)13(15)17/h3-5,8-9H,6-7H2,1-2H3,(H2,15,17). The third-order valence-corrected chi connectivity index (χ3v) is 4.40. The van der Waals surface area contributed by atoms with Crippen LogP contribution in [0.4, 0.5) is 5.69 Å². The first-order valence-electron chi connectivity index (χ1n) is 5.83. The molecule has 0 radical (unpaired) electrons. The van der Waals surface area contributed by atoms with Crippen LogP contribution in [0, 0.1) is 5.92 Å². The first kappa shape index (κ1) is 12.8. The fraction of sp³-hybridized carbons (Fsp3) is 0.462.